The fourth-order valence-electron chi connectivity index (χ4n) is 3.44. The summed E-state index contributed by atoms with van der Waals surface area (Å²) in [6.07, 6.45) is 10.7. The highest BCUT2D eigenvalue weighted by atomic mass is 32.1. The first-order valence-corrected chi connectivity index (χ1v) is 12.7. The fourth-order valence-corrected chi connectivity index (χ4v) is 5.26. The molecule has 0 aliphatic carbocycles. The molecule has 1 nitrogen and oxygen atoms in total. The third-order valence-electron chi connectivity index (χ3n) is 5.08. The first kappa shape index (κ1) is 21.9. The van der Waals surface area contributed by atoms with Crippen molar-refractivity contribution in [2.75, 3.05) is 6.61 Å². The van der Waals surface area contributed by atoms with Gasteiger partial charge in [0.2, 0.25) is 0 Å². The van der Waals surface area contributed by atoms with Crippen LogP contribution < -0.4 is 4.74 Å². The zero-order valence-electron chi connectivity index (χ0n) is 17.4. The molecule has 0 unspecified atom stereocenters. The Morgan fingerprint density at radius 1 is 0.655 bits per heavy atom. The molecule has 0 N–H and O–H groups in total. The summed E-state index contributed by atoms with van der Waals surface area (Å²) in [5.41, 5.74) is 0. The van der Waals surface area contributed by atoms with Crippen molar-refractivity contribution in [2.24, 2.45) is 0 Å². The van der Waals surface area contributed by atoms with Gasteiger partial charge >= 0.3 is 0 Å². The lowest BCUT2D eigenvalue weighted by Gasteiger charge is -2.09. The second-order valence-electron chi connectivity index (χ2n) is 7.37. The number of unbranched alkanes of at least 4 members (excludes halogenated alkanes) is 7. The number of ether oxygens (including phenoxy) is 1. The van der Waals surface area contributed by atoms with E-state index in [2.05, 4.69) is 72.3 Å². The topological polar surface area (TPSA) is 9.23 Å². The molecular weight excluding hydrogens is 392 g/mol. The van der Waals surface area contributed by atoms with Crippen LogP contribution in [0, 0.1) is 0 Å². The van der Waals surface area contributed by atoms with Crippen molar-refractivity contribution < 1.29 is 4.74 Å². The second kappa shape index (κ2) is 12.7. The average molecular weight is 425 g/mol. The van der Waals surface area contributed by atoms with Crippen molar-refractivity contribution in [3.8, 4) is 5.75 Å². The van der Waals surface area contributed by atoms with E-state index in [-0.39, 0.29) is 0 Å². The smallest absolute Gasteiger partial charge is 0.127 e. The summed E-state index contributed by atoms with van der Waals surface area (Å²) in [6, 6.07) is 19.0. The molecule has 0 saturated heterocycles. The van der Waals surface area contributed by atoms with Crippen molar-refractivity contribution in [1.82, 2.24) is 0 Å². The molecule has 154 valence electrons. The Morgan fingerprint density at radius 2 is 1.28 bits per heavy atom. The molecule has 2 aromatic heterocycles. The van der Waals surface area contributed by atoms with Gasteiger partial charge in [-0.05, 0) is 40.8 Å². The molecule has 0 aliphatic rings. The molecule has 4 aromatic rings. The number of rotatable bonds is 10. The van der Waals surface area contributed by atoms with E-state index in [1.54, 1.807) is 22.7 Å². The minimum absolute atomic E-state index is 0.836. The quantitative estimate of drug-likeness (QED) is 0.230. The van der Waals surface area contributed by atoms with Gasteiger partial charge in [-0.25, -0.2) is 0 Å². The summed E-state index contributed by atoms with van der Waals surface area (Å²) in [5, 5.41) is 6.73. The Morgan fingerprint density at radius 3 is 2.00 bits per heavy atom. The average Bonchev–Trinajstić information content (AvgIpc) is 3.38. The van der Waals surface area contributed by atoms with Gasteiger partial charge in [-0.15, -0.1) is 22.7 Å². The Balaban J connectivity index is 0.000000246. The molecule has 4 rings (SSSR count). The molecule has 3 heteroatoms. The number of hydrogen-bond acceptors (Lipinski definition) is 3. The fraction of sp³-hybridized carbons (Fsp3) is 0.385. The van der Waals surface area contributed by atoms with Gasteiger partial charge in [0.05, 0.1) is 6.61 Å². The predicted molar refractivity (Wildman–Crippen MR) is 132 cm³/mol. The van der Waals surface area contributed by atoms with Gasteiger partial charge in [-0.2, -0.15) is 0 Å². The van der Waals surface area contributed by atoms with Gasteiger partial charge in [0.1, 0.15) is 5.75 Å². The molecule has 0 aliphatic heterocycles. The summed E-state index contributed by atoms with van der Waals surface area (Å²) in [5.74, 6) is 1.02. The lowest BCUT2D eigenvalue weighted by Crippen LogP contribution is -1.97. The van der Waals surface area contributed by atoms with Gasteiger partial charge in [0, 0.05) is 14.8 Å². The van der Waals surface area contributed by atoms with Crippen LogP contribution in [0.1, 0.15) is 58.3 Å². The van der Waals surface area contributed by atoms with E-state index in [0.29, 0.717) is 0 Å². The summed E-state index contributed by atoms with van der Waals surface area (Å²) in [7, 11) is 0. The molecule has 2 heterocycles. The van der Waals surface area contributed by atoms with Crippen LogP contribution in [0.25, 0.3) is 20.2 Å². The minimum atomic E-state index is 0.836. The second-order valence-corrected chi connectivity index (χ2v) is 9.27. The molecular formula is C26H32OS2. The van der Waals surface area contributed by atoms with E-state index in [4.69, 9.17) is 4.74 Å². The van der Waals surface area contributed by atoms with Crippen LogP contribution in [0.5, 0.6) is 5.75 Å². The highest BCUT2D eigenvalue weighted by Crippen LogP contribution is 2.26. The minimum Gasteiger partial charge on any atom is -0.493 e. The standard InChI is InChI=1S/C20H28O.C6H4S2/c1-2-3-4-5-6-7-8-11-17-21-20-16-12-14-18-13-9-10-15-19(18)20;1-3-7-6-2-4-8-5(1)6/h9-10,12-16H,2-8,11,17H2,1H3;1-4H. The summed E-state index contributed by atoms with van der Waals surface area (Å²) >= 11 is 3.61. The van der Waals surface area contributed by atoms with Crippen molar-refractivity contribution in [2.45, 2.75) is 58.3 Å². The summed E-state index contributed by atoms with van der Waals surface area (Å²) in [6.45, 7) is 3.10. The van der Waals surface area contributed by atoms with Crippen LogP contribution >= 0.6 is 22.7 Å². The highest BCUT2D eigenvalue weighted by Gasteiger charge is 2.00. The van der Waals surface area contributed by atoms with E-state index in [9.17, 15) is 0 Å². The first-order valence-electron chi connectivity index (χ1n) is 10.9. The summed E-state index contributed by atoms with van der Waals surface area (Å²) in [4.78, 5) is 0. The van der Waals surface area contributed by atoms with E-state index < -0.39 is 0 Å². The third kappa shape index (κ3) is 7.17. The molecule has 29 heavy (non-hydrogen) atoms. The van der Waals surface area contributed by atoms with Gasteiger partial charge in [-0.1, -0.05) is 88.3 Å². The monoisotopic (exact) mass is 424 g/mol. The third-order valence-corrected chi connectivity index (χ3v) is 6.97. The predicted octanol–water partition coefficient (Wildman–Crippen LogP) is 9.32. The van der Waals surface area contributed by atoms with Crippen molar-refractivity contribution >= 4 is 42.8 Å². The number of fused-ring (bicyclic) bond motifs is 2. The van der Waals surface area contributed by atoms with Crippen LogP contribution in [-0.2, 0) is 0 Å². The van der Waals surface area contributed by atoms with Gasteiger partial charge in [0.25, 0.3) is 0 Å². The molecule has 2 aromatic carbocycles. The molecule has 0 amide bonds. The summed E-state index contributed by atoms with van der Waals surface area (Å²) < 4.78 is 8.79. The Hall–Kier alpha value is -1.84. The zero-order chi connectivity index (χ0) is 20.2. The largest absolute Gasteiger partial charge is 0.493 e. The van der Waals surface area contributed by atoms with E-state index in [1.165, 1.54) is 65.1 Å². The van der Waals surface area contributed by atoms with Gasteiger partial charge in [-0.3, -0.25) is 0 Å². The van der Waals surface area contributed by atoms with Crippen LogP contribution in [-0.4, -0.2) is 6.61 Å². The molecule has 0 saturated carbocycles. The van der Waals surface area contributed by atoms with Crippen molar-refractivity contribution in [1.29, 1.82) is 0 Å². The zero-order valence-corrected chi connectivity index (χ0v) is 19.1. The Bertz CT molecular complexity index is 897. The molecule has 0 fully saturated rings. The number of thiophene rings is 2. The van der Waals surface area contributed by atoms with Crippen molar-refractivity contribution in [3.63, 3.8) is 0 Å². The highest BCUT2D eigenvalue weighted by molar-refractivity contribution is 7.25. The maximum atomic E-state index is 5.96. The van der Waals surface area contributed by atoms with Crippen LogP contribution in [0.15, 0.2) is 65.4 Å². The van der Waals surface area contributed by atoms with E-state index in [1.807, 2.05) is 0 Å². The normalized spacial score (nSPS) is 10.8. The maximum Gasteiger partial charge on any atom is 0.127 e. The maximum absolute atomic E-state index is 5.96. The molecule has 0 atom stereocenters. The first-order chi connectivity index (χ1) is 14.4. The molecule has 0 spiro atoms. The van der Waals surface area contributed by atoms with Crippen LogP contribution in [0.2, 0.25) is 0 Å². The van der Waals surface area contributed by atoms with Crippen LogP contribution in [0.3, 0.4) is 0 Å². The van der Waals surface area contributed by atoms with E-state index in [0.717, 1.165) is 18.8 Å². The van der Waals surface area contributed by atoms with Gasteiger partial charge < -0.3 is 4.74 Å². The van der Waals surface area contributed by atoms with E-state index >= 15 is 0 Å². The van der Waals surface area contributed by atoms with Gasteiger partial charge in [0.15, 0.2) is 0 Å². The lowest BCUT2D eigenvalue weighted by atomic mass is 10.1. The van der Waals surface area contributed by atoms with Crippen molar-refractivity contribution in [3.05, 3.63) is 65.4 Å². The number of hydrogen-bond donors (Lipinski definition) is 0. The Labute approximate surface area is 183 Å². The van der Waals surface area contributed by atoms with Crippen LogP contribution in [0.4, 0.5) is 0 Å². The lowest BCUT2D eigenvalue weighted by molar-refractivity contribution is 0.307. The Kier molecular flexibility index (Phi) is 9.55. The number of benzene rings is 2. The molecule has 0 bridgehead atoms. The molecule has 0 radical (unpaired) electrons. The SMILES string of the molecule is CCCCCCCCCCOc1cccc2ccccc12.c1cc2sccc2s1.